The highest BCUT2D eigenvalue weighted by Crippen LogP contribution is 2.50. The van der Waals surface area contributed by atoms with Gasteiger partial charge in [0.05, 0.1) is 17.5 Å². The molecule has 3 aromatic rings. The van der Waals surface area contributed by atoms with Crippen LogP contribution in [0.5, 0.6) is 0 Å². The predicted molar refractivity (Wildman–Crippen MR) is 84.4 cm³/mol. The van der Waals surface area contributed by atoms with E-state index in [9.17, 15) is 8.42 Å². The average molecular weight is 345 g/mol. The largest absolute Gasteiger partial charge is 0.244 e. The highest BCUT2D eigenvalue weighted by atomic mass is 32.2. The van der Waals surface area contributed by atoms with Gasteiger partial charge in [0, 0.05) is 23.0 Å². The summed E-state index contributed by atoms with van der Waals surface area (Å²) in [5, 5.41) is 12.6. The lowest BCUT2D eigenvalue weighted by molar-refractivity contribution is 0.550. The normalized spacial score (nSPS) is 23.5. The number of aryl methyl sites for hydroxylation is 1. The van der Waals surface area contributed by atoms with Crippen LogP contribution in [-0.2, 0) is 17.1 Å². The molecule has 1 N–H and O–H groups in total. The number of hydrogen-bond donors (Lipinski definition) is 1. The fraction of sp³-hybridized carbons (Fsp3) is 0.357. The number of fused-ring (bicyclic) bond motifs is 1. The second kappa shape index (κ2) is 5.02. The van der Waals surface area contributed by atoms with Crippen molar-refractivity contribution >= 4 is 20.9 Å². The van der Waals surface area contributed by atoms with Crippen molar-refractivity contribution in [3.8, 4) is 0 Å². The minimum absolute atomic E-state index is 0.0789. The zero-order valence-corrected chi connectivity index (χ0v) is 13.9. The van der Waals surface area contributed by atoms with Gasteiger partial charge in [0.2, 0.25) is 10.0 Å². The molecule has 4 rings (SSSR count). The lowest BCUT2D eigenvalue weighted by atomic mass is 10.2. The van der Waals surface area contributed by atoms with Crippen molar-refractivity contribution < 1.29 is 8.42 Å². The second-order valence-electron chi connectivity index (χ2n) is 6.16. The van der Waals surface area contributed by atoms with Crippen molar-refractivity contribution in [1.29, 1.82) is 0 Å². The van der Waals surface area contributed by atoms with Crippen molar-refractivity contribution in [3.05, 3.63) is 36.5 Å². The molecule has 0 saturated heterocycles. The van der Waals surface area contributed by atoms with Crippen molar-refractivity contribution in [3.63, 3.8) is 0 Å². The monoisotopic (exact) mass is 345 g/mol. The van der Waals surface area contributed by atoms with Gasteiger partial charge in [-0.25, -0.2) is 23.1 Å². The highest BCUT2D eigenvalue weighted by molar-refractivity contribution is 7.89. The number of hydrogen-bond acceptors (Lipinski definition) is 7. The van der Waals surface area contributed by atoms with Gasteiger partial charge in [-0.1, -0.05) is 0 Å². The molecule has 2 atom stereocenters. The zero-order chi connectivity index (χ0) is 16.9. The molecule has 9 nitrogen and oxygen atoms in total. The molecule has 10 heteroatoms. The first kappa shape index (κ1) is 15.1. The van der Waals surface area contributed by atoms with Crippen LogP contribution in [0.4, 0.5) is 0 Å². The summed E-state index contributed by atoms with van der Waals surface area (Å²) in [6.45, 7) is 1.84. The third-order valence-electron chi connectivity index (χ3n) is 4.23. The molecule has 1 aliphatic carbocycles. The van der Waals surface area contributed by atoms with Crippen LogP contribution in [-0.4, -0.2) is 44.1 Å². The third kappa shape index (κ3) is 2.53. The summed E-state index contributed by atoms with van der Waals surface area (Å²) in [6, 6.07) is 4.78. The van der Waals surface area contributed by atoms with E-state index in [1.807, 2.05) is 6.92 Å². The molecular weight excluding hydrogens is 330 g/mol. The van der Waals surface area contributed by atoms with E-state index >= 15 is 0 Å². The first-order valence-electron chi connectivity index (χ1n) is 7.35. The highest BCUT2D eigenvalue weighted by Gasteiger charge is 2.55. The molecule has 0 amide bonds. The maximum absolute atomic E-state index is 12.7. The minimum Gasteiger partial charge on any atom is -0.244 e. The SMILES string of the molecule is Cn1nnc(C2CC2(C)NS(=O)(=O)c2ccc3ncncc3c2)n1. The second-order valence-corrected chi connectivity index (χ2v) is 7.84. The van der Waals surface area contributed by atoms with Crippen LogP contribution in [0.15, 0.2) is 35.6 Å². The van der Waals surface area contributed by atoms with Crippen LogP contribution in [0.25, 0.3) is 10.9 Å². The molecule has 1 saturated carbocycles. The van der Waals surface area contributed by atoms with Crippen LogP contribution in [0.3, 0.4) is 0 Å². The Kier molecular flexibility index (Phi) is 3.15. The fourth-order valence-electron chi connectivity index (χ4n) is 2.79. The first-order chi connectivity index (χ1) is 11.4. The molecule has 24 heavy (non-hydrogen) atoms. The van der Waals surface area contributed by atoms with Crippen molar-refractivity contribution in [1.82, 2.24) is 34.9 Å². The number of nitrogens with one attached hydrogen (secondary N) is 1. The Balaban J connectivity index is 1.61. The molecule has 1 aromatic carbocycles. The Morgan fingerprint density at radius 3 is 2.96 bits per heavy atom. The number of aromatic nitrogens is 6. The molecule has 2 unspecified atom stereocenters. The molecule has 2 heterocycles. The zero-order valence-electron chi connectivity index (χ0n) is 13.1. The number of rotatable bonds is 4. The first-order valence-corrected chi connectivity index (χ1v) is 8.83. The maximum atomic E-state index is 12.7. The Hall–Kier alpha value is -2.46. The molecule has 0 aliphatic heterocycles. The van der Waals surface area contributed by atoms with Crippen molar-refractivity contribution in [2.45, 2.75) is 29.7 Å². The fourth-order valence-corrected chi connectivity index (χ4v) is 4.27. The van der Waals surface area contributed by atoms with E-state index in [-0.39, 0.29) is 10.8 Å². The number of sulfonamides is 1. The summed E-state index contributed by atoms with van der Waals surface area (Å²) in [5.74, 6) is 0.472. The van der Waals surface area contributed by atoms with Gasteiger partial charge in [0.15, 0.2) is 5.82 Å². The van der Waals surface area contributed by atoms with Gasteiger partial charge in [-0.3, -0.25) is 0 Å². The summed E-state index contributed by atoms with van der Waals surface area (Å²) in [6.07, 6.45) is 3.65. The quantitative estimate of drug-likeness (QED) is 0.726. The summed E-state index contributed by atoms with van der Waals surface area (Å²) >= 11 is 0. The Morgan fingerprint density at radius 1 is 1.38 bits per heavy atom. The number of nitrogens with zero attached hydrogens (tertiary/aromatic N) is 6. The average Bonchev–Trinajstić information content (AvgIpc) is 3.00. The van der Waals surface area contributed by atoms with Crippen LogP contribution >= 0.6 is 0 Å². The van der Waals surface area contributed by atoms with Gasteiger partial charge in [0.1, 0.15) is 6.33 Å². The van der Waals surface area contributed by atoms with Gasteiger partial charge < -0.3 is 0 Å². The van der Waals surface area contributed by atoms with E-state index in [0.29, 0.717) is 23.1 Å². The summed E-state index contributed by atoms with van der Waals surface area (Å²) in [7, 11) is -1.99. The van der Waals surface area contributed by atoms with Crippen LogP contribution in [0, 0.1) is 0 Å². The van der Waals surface area contributed by atoms with E-state index in [4.69, 9.17) is 0 Å². The van der Waals surface area contributed by atoms with Gasteiger partial charge >= 0.3 is 0 Å². The Labute approximate surface area is 138 Å². The summed E-state index contributed by atoms with van der Waals surface area (Å²) in [5.41, 5.74) is 0.0903. The van der Waals surface area contributed by atoms with E-state index < -0.39 is 15.6 Å². The van der Waals surface area contributed by atoms with Gasteiger partial charge in [0.25, 0.3) is 0 Å². The van der Waals surface area contributed by atoms with Crippen LogP contribution in [0.1, 0.15) is 25.1 Å². The molecule has 2 aromatic heterocycles. The number of tetrazole rings is 1. The smallest absolute Gasteiger partial charge is 0.241 e. The Morgan fingerprint density at radius 2 is 2.21 bits per heavy atom. The minimum atomic E-state index is -3.67. The summed E-state index contributed by atoms with van der Waals surface area (Å²) < 4.78 is 28.2. The molecule has 124 valence electrons. The number of benzene rings is 1. The molecular formula is C14H15N7O2S. The third-order valence-corrected chi connectivity index (χ3v) is 5.84. The van der Waals surface area contributed by atoms with E-state index in [2.05, 4.69) is 30.1 Å². The molecule has 0 bridgehead atoms. The van der Waals surface area contributed by atoms with E-state index in [1.165, 1.54) is 11.1 Å². The predicted octanol–water partition coefficient (Wildman–Crippen LogP) is 0.378. The maximum Gasteiger partial charge on any atom is 0.241 e. The van der Waals surface area contributed by atoms with E-state index in [0.717, 1.165) is 0 Å². The molecule has 1 aliphatic rings. The standard InChI is InChI=1S/C14H15N7O2S/c1-14(6-11(14)13-17-20-21(2)18-13)19-24(22,23)10-3-4-12-9(5-10)7-15-8-16-12/h3-5,7-8,11,19H,6H2,1-2H3. The summed E-state index contributed by atoms with van der Waals surface area (Å²) in [4.78, 5) is 9.57. The van der Waals surface area contributed by atoms with Crippen molar-refractivity contribution in [2.75, 3.05) is 0 Å². The molecule has 0 radical (unpaired) electrons. The van der Waals surface area contributed by atoms with Gasteiger partial charge in [-0.15, -0.1) is 10.2 Å². The van der Waals surface area contributed by atoms with E-state index in [1.54, 1.807) is 31.4 Å². The van der Waals surface area contributed by atoms with Crippen molar-refractivity contribution in [2.24, 2.45) is 7.05 Å². The lowest BCUT2D eigenvalue weighted by Gasteiger charge is -2.14. The Bertz CT molecular complexity index is 1030. The van der Waals surface area contributed by atoms with Gasteiger partial charge in [-0.05, 0) is 36.8 Å². The topological polar surface area (TPSA) is 116 Å². The molecule has 1 fully saturated rings. The van der Waals surface area contributed by atoms with Crippen LogP contribution < -0.4 is 4.72 Å². The van der Waals surface area contributed by atoms with Gasteiger partial charge in [-0.2, -0.15) is 4.80 Å². The lowest BCUT2D eigenvalue weighted by Crippen LogP contribution is -2.35. The van der Waals surface area contributed by atoms with Crippen LogP contribution in [0.2, 0.25) is 0 Å². The molecule has 0 spiro atoms.